The van der Waals surface area contributed by atoms with Gasteiger partial charge in [-0.15, -0.1) is 11.3 Å². The maximum Gasteiger partial charge on any atom is 0.322 e. The Kier molecular flexibility index (Phi) is 8.69. The first kappa shape index (κ1) is 22.1. The summed E-state index contributed by atoms with van der Waals surface area (Å²) in [6.45, 7) is 6.18. The standard InChI is InChI=1S/C19H25ClN4O3S/c1-4-23(5-2)18(25)16-13-28-17(22-16)12-24(9-10-27-3)19(26)21-15-8-6-7-14(20)11-15/h6-8,11,13H,4-5,9-10,12H2,1-3H3,(H,21,26). The molecule has 0 fully saturated rings. The molecule has 3 amide bonds. The number of benzene rings is 1. The third-order valence-corrected chi connectivity index (χ3v) is 5.14. The lowest BCUT2D eigenvalue weighted by Crippen LogP contribution is -2.37. The van der Waals surface area contributed by atoms with Gasteiger partial charge in [0.2, 0.25) is 0 Å². The van der Waals surface area contributed by atoms with Gasteiger partial charge in [-0.3, -0.25) is 4.79 Å². The molecule has 0 radical (unpaired) electrons. The van der Waals surface area contributed by atoms with Gasteiger partial charge in [0.15, 0.2) is 0 Å². The third-order valence-electron chi connectivity index (χ3n) is 4.08. The molecule has 1 heterocycles. The van der Waals surface area contributed by atoms with Crippen molar-refractivity contribution in [1.29, 1.82) is 0 Å². The van der Waals surface area contributed by atoms with Gasteiger partial charge >= 0.3 is 6.03 Å². The Balaban J connectivity index is 2.09. The fourth-order valence-electron chi connectivity index (χ4n) is 2.54. The van der Waals surface area contributed by atoms with Crippen molar-refractivity contribution in [3.8, 4) is 0 Å². The Morgan fingerprint density at radius 2 is 2.00 bits per heavy atom. The van der Waals surface area contributed by atoms with Gasteiger partial charge in [0, 0.05) is 42.8 Å². The molecule has 0 saturated heterocycles. The number of hydrogen-bond donors (Lipinski definition) is 1. The zero-order chi connectivity index (χ0) is 20.5. The summed E-state index contributed by atoms with van der Waals surface area (Å²) in [6.07, 6.45) is 0. The Bertz CT molecular complexity index is 795. The summed E-state index contributed by atoms with van der Waals surface area (Å²) in [5.41, 5.74) is 1.02. The average Bonchev–Trinajstić information content (AvgIpc) is 3.14. The summed E-state index contributed by atoms with van der Waals surface area (Å²) >= 11 is 7.34. The number of ether oxygens (including phenoxy) is 1. The lowest BCUT2D eigenvalue weighted by atomic mass is 10.3. The van der Waals surface area contributed by atoms with E-state index in [1.807, 2.05) is 13.8 Å². The molecule has 1 aromatic carbocycles. The summed E-state index contributed by atoms with van der Waals surface area (Å²) in [7, 11) is 1.58. The van der Waals surface area contributed by atoms with Gasteiger partial charge in [-0.25, -0.2) is 9.78 Å². The van der Waals surface area contributed by atoms with Crippen molar-refractivity contribution in [3.63, 3.8) is 0 Å². The highest BCUT2D eigenvalue weighted by molar-refractivity contribution is 7.09. The number of halogens is 1. The molecular formula is C19H25ClN4O3S. The van der Waals surface area contributed by atoms with Crippen LogP contribution in [-0.4, -0.2) is 60.1 Å². The zero-order valence-corrected chi connectivity index (χ0v) is 17.8. The van der Waals surface area contributed by atoms with E-state index in [1.165, 1.54) is 11.3 Å². The maximum absolute atomic E-state index is 12.7. The number of amides is 3. The van der Waals surface area contributed by atoms with E-state index < -0.39 is 0 Å². The molecule has 7 nitrogen and oxygen atoms in total. The molecule has 0 saturated carbocycles. The van der Waals surface area contributed by atoms with Crippen molar-refractivity contribution in [2.75, 3.05) is 38.7 Å². The first-order chi connectivity index (χ1) is 13.5. The summed E-state index contributed by atoms with van der Waals surface area (Å²) in [5, 5.41) is 5.79. The van der Waals surface area contributed by atoms with Crippen LogP contribution in [0.1, 0.15) is 29.3 Å². The van der Waals surface area contributed by atoms with Crippen LogP contribution < -0.4 is 5.32 Å². The van der Waals surface area contributed by atoms with E-state index in [-0.39, 0.29) is 18.5 Å². The predicted molar refractivity (Wildman–Crippen MR) is 112 cm³/mol. The monoisotopic (exact) mass is 424 g/mol. The summed E-state index contributed by atoms with van der Waals surface area (Å²) in [4.78, 5) is 32.9. The van der Waals surface area contributed by atoms with E-state index in [2.05, 4.69) is 10.3 Å². The Labute approximate surface area is 174 Å². The van der Waals surface area contributed by atoms with Gasteiger partial charge in [0.05, 0.1) is 13.2 Å². The highest BCUT2D eigenvalue weighted by Gasteiger charge is 2.19. The van der Waals surface area contributed by atoms with Gasteiger partial charge in [-0.1, -0.05) is 17.7 Å². The van der Waals surface area contributed by atoms with Crippen LogP contribution in [0.15, 0.2) is 29.6 Å². The van der Waals surface area contributed by atoms with Gasteiger partial charge in [-0.05, 0) is 32.0 Å². The second kappa shape index (κ2) is 11.0. The van der Waals surface area contributed by atoms with Gasteiger partial charge in [0.1, 0.15) is 10.7 Å². The fraction of sp³-hybridized carbons (Fsp3) is 0.421. The number of nitrogens with one attached hydrogen (secondary N) is 1. The molecule has 0 bridgehead atoms. The molecule has 9 heteroatoms. The molecule has 2 aromatic rings. The van der Waals surface area contributed by atoms with Crippen LogP contribution >= 0.6 is 22.9 Å². The van der Waals surface area contributed by atoms with Crippen molar-refractivity contribution < 1.29 is 14.3 Å². The van der Waals surface area contributed by atoms with Crippen LogP contribution in [0.4, 0.5) is 10.5 Å². The smallest absolute Gasteiger partial charge is 0.322 e. The van der Waals surface area contributed by atoms with Crippen LogP contribution in [0.3, 0.4) is 0 Å². The normalized spacial score (nSPS) is 10.6. The first-order valence-corrected chi connectivity index (χ1v) is 10.3. The minimum absolute atomic E-state index is 0.0979. The number of anilines is 1. The van der Waals surface area contributed by atoms with Crippen LogP contribution in [0.25, 0.3) is 0 Å². The molecule has 2 rings (SSSR count). The molecule has 152 valence electrons. The molecule has 0 aliphatic heterocycles. The Hall–Kier alpha value is -2.16. The Morgan fingerprint density at radius 1 is 1.25 bits per heavy atom. The molecular weight excluding hydrogens is 400 g/mol. The molecule has 0 aliphatic carbocycles. The topological polar surface area (TPSA) is 74.8 Å². The fourth-order valence-corrected chi connectivity index (χ4v) is 3.51. The molecule has 0 atom stereocenters. The summed E-state index contributed by atoms with van der Waals surface area (Å²) in [6, 6.07) is 6.67. The molecule has 0 aliphatic rings. The van der Waals surface area contributed by atoms with Crippen molar-refractivity contribution in [3.05, 3.63) is 45.4 Å². The summed E-state index contributed by atoms with van der Waals surface area (Å²) in [5.74, 6) is -0.0979. The van der Waals surface area contributed by atoms with Crippen LogP contribution in [0, 0.1) is 0 Å². The number of rotatable bonds is 9. The van der Waals surface area contributed by atoms with E-state index in [0.29, 0.717) is 47.7 Å². The number of hydrogen-bond acceptors (Lipinski definition) is 5. The molecule has 28 heavy (non-hydrogen) atoms. The van der Waals surface area contributed by atoms with Crippen molar-refractivity contribution in [1.82, 2.24) is 14.8 Å². The van der Waals surface area contributed by atoms with Crippen LogP contribution in [0.2, 0.25) is 5.02 Å². The van der Waals surface area contributed by atoms with E-state index >= 15 is 0 Å². The zero-order valence-electron chi connectivity index (χ0n) is 16.3. The summed E-state index contributed by atoms with van der Waals surface area (Å²) < 4.78 is 5.11. The second-order valence-corrected chi connectivity index (χ2v) is 7.34. The molecule has 1 aromatic heterocycles. The number of urea groups is 1. The van der Waals surface area contributed by atoms with E-state index in [0.717, 1.165) is 0 Å². The molecule has 0 unspecified atom stereocenters. The maximum atomic E-state index is 12.7. The van der Waals surface area contributed by atoms with Crippen molar-refractivity contribution >= 4 is 40.6 Å². The van der Waals surface area contributed by atoms with E-state index in [4.69, 9.17) is 16.3 Å². The number of aromatic nitrogens is 1. The number of carbonyl (C=O) groups is 2. The van der Waals surface area contributed by atoms with Crippen LogP contribution in [0.5, 0.6) is 0 Å². The lowest BCUT2D eigenvalue weighted by molar-refractivity contribution is 0.0767. The van der Waals surface area contributed by atoms with Gasteiger partial charge in [0.25, 0.3) is 5.91 Å². The lowest BCUT2D eigenvalue weighted by Gasteiger charge is -2.22. The van der Waals surface area contributed by atoms with Crippen LogP contribution in [-0.2, 0) is 11.3 Å². The highest BCUT2D eigenvalue weighted by atomic mass is 35.5. The van der Waals surface area contributed by atoms with Gasteiger partial charge in [-0.2, -0.15) is 0 Å². The van der Waals surface area contributed by atoms with E-state index in [1.54, 1.807) is 46.6 Å². The number of nitrogens with zero attached hydrogens (tertiary/aromatic N) is 3. The van der Waals surface area contributed by atoms with E-state index in [9.17, 15) is 9.59 Å². The first-order valence-electron chi connectivity index (χ1n) is 9.02. The SMILES string of the molecule is CCN(CC)C(=O)c1csc(CN(CCOC)C(=O)Nc2cccc(Cl)c2)n1. The average molecular weight is 425 g/mol. The number of thiazole rings is 1. The minimum Gasteiger partial charge on any atom is -0.383 e. The Morgan fingerprint density at radius 3 is 2.64 bits per heavy atom. The minimum atomic E-state index is -0.286. The molecule has 1 N–H and O–H groups in total. The quantitative estimate of drug-likeness (QED) is 0.661. The number of carbonyl (C=O) groups excluding carboxylic acids is 2. The molecule has 0 spiro atoms. The largest absolute Gasteiger partial charge is 0.383 e. The van der Waals surface area contributed by atoms with Gasteiger partial charge < -0.3 is 19.9 Å². The third kappa shape index (κ3) is 6.19. The van der Waals surface area contributed by atoms with Crippen molar-refractivity contribution in [2.45, 2.75) is 20.4 Å². The van der Waals surface area contributed by atoms with Crippen molar-refractivity contribution in [2.24, 2.45) is 0 Å². The number of methoxy groups -OCH3 is 1. The second-order valence-electron chi connectivity index (χ2n) is 5.96. The predicted octanol–water partition coefficient (Wildman–Crippen LogP) is 3.96. The highest BCUT2D eigenvalue weighted by Crippen LogP contribution is 2.18.